The first-order valence-electron chi connectivity index (χ1n) is 5.53. The second-order valence-electron chi connectivity index (χ2n) is 4.67. The molecule has 2 heteroatoms. The number of hydrogen-bond acceptors (Lipinski definition) is 1. The van der Waals surface area contributed by atoms with Crippen LogP contribution in [0.25, 0.3) is 0 Å². The van der Waals surface area contributed by atoms with Gasteiger partial charge in [-0.15, -0.1) is 0 Å². The molecule has 0 spiro atoms. The Hall–Kier alpha value is -0.110. The summed E-state index contributed by atoms with van der Waals surface area (Å²) in [5.74, 6) is 1.08. The van der Waals surface area contributed by atoms with Crippen LogP contribution in [0.5, 0.6) is 0 Å². The Balaban J connectivity index is 2.14. The minimum atomic E-state index is -0.579. The lowest BCUT2D eigenvalue weighted by Crippen LogP contribution is -2.31. The molecule has 0 aliphatic carbocycles. The molecular formula is C11H22FN. The quantitative estimate of drug-likeness (QED) is 0.713. The zero-order valence-corrected chi connectivity index (χ0v) is 8.85. The molecule has 0 amide bonds. The predicted molar refractivity (Wildman–Crippen MR) is 54.6 cm³/mol. The molecule has 1 fully saturated rings. The molecule has 2 unspecified atom stereocenters. The zero-order chi connectivity index (χ0) is 9.68. The summed E-state index contributed by atoms with van der Waals surface area (Å²) in [5.41, 5.74) is 0. The van der Waals surface area contributed by atoms with Gasteiger partial charge < -0.3 is 5.32 Å². The second kappa shape index (κ2) is 5.58. The number of nitrogens with one attached hydrogen (secondary N) is 1. The number of alkyl halides is 1. The van der Waals surface area contributed by atoms with Crippen LogP contribution in [0.4, 0.5) is 4.39 Å². The summed E-state index contributed by atoms with van der Waals surface area (Å²) in [6.45, 7) is 6.33. The smallest absolute Gasteiger partial charge is 0.101 e. The molecule has 13 heavy (non-hydrogen) atoms. The number of hydrogen-bond donors (Lipinski definition) is 1. The van der Waals surface area contributed by atoms with E-state index in [2.05, 4.69) is 19.2 Å². The molecule has 1 heterocycles. The summed E-state index contributed by atoms with van der Waals surface area (Å²) in [6.07, 6.45) is 3.36. The van der Waals surface area contributed by atoms with Crippen molar-refractivity contribution in [2.75, 3.05) is 13.1 Å². The van der Waals surface area contributed by atoms with Crippen LogP contribution in [0, 0.1) is 11.8 Å². The van der Waals surface area contributed by atoms with Crippen molar-refractivity contribution in [2.24, 2.45) is 11.8 Å². The summed E-state index contributed by atoms with van der Waals surface area (Å²) >= 11 is 0. The van der Waals surface area contributed by atoms with Crippen molar-refractivity contribution in [3.05, 3.63) is 0 Å². The van der Waals surface area contributed by atoms with E-state index in [0.717, 1.165) is 25.9 Å². The van der Waals surface area contributed by atoms with Gasteiger partial charge in [0.1, 0.15) is 6.17 Å². The molecular weight excluding hydrogens is 165 g/mol. The first-order chi connectivity index (χ1) is 6.18. The summed E-state index contributed by atoms with van der Waals surface area (Å²) < 4.78 is 13.4. The highest BCUT2D eigenvalue weighted by Crippen LogP contribution is 2.21. The van der Waals surface area contributed by atoms with Crippen molar-refractivity contribution in [2.45, 2.75) is 45.7 Å². The normalized spacial score (nSPS) is 26.3. The van der Waals surface area contributed by atoms with E-state index in [0.29, 0.717) is 11.8 Å². The van der Waals surface area contributed by atoms with Gasteiger partial charge in [-0.25, -0.2) is 4.39 Å². The SMILES string of the molecule is CC(C)CC(F)CC1CCCNC1. The second-order valence-corrected chi connectivity index (χ2v) is 4.67. The highest BCUT2D eigenvalue weighted by atomic mass is 19.1. The Morgan fingerprint density at radius 2 is 2.23 bits per heavy atom. The average molecular weight is 187 g/mol. The Labute approximate surface area is 81.1 Å². The highest BCUT2D eigenvalue weighted by molar-refractivity contribution is 4.73. The molecule has 1 saturated heterocycles. The predicted octanol–water partition coefficient (Wildman–Crippen LogP) is 2.76. The van der Waals surface area contributed by atoms with Gasteiger partial charge in [-0.3, -0.25) is 0 Å². The summed E-state index contributed by atoms with van der Waals surface area (Å²) in [6, 6.07) is 0. The molecule has 0 aromatic heterocycles. The molecule has 0 radical (unpaired) electrons. The monoisotopic (exact) mass is 187 g/mol. The van der Waals surface area contributed by atoms with Gasteiger partial charge in [-0.1, -0.05) is 13.8 Å². The molecule has 0 bridgehead atoms. The molecule has 1 aliphatic rings. The Kier molecular flexibility index (Phi) is 4.71. The lowest BCUT2D eigenvalue weighted by molar-refractivity contribution is 0.212. The topological polar surface area (TPSA) is 12.0 Å². The third-order valence-corrected chi connectivity index (χ3v) is 2.72. The fraction of sp³-hybridized carbons (Fsp3) is 1.00. The van der Waals surface area contributed by atoms with Crippen LogP contribution in [0.1, 0.15) is 39.5 Å². The molecule has 0 aromatic carbocycles. The van der Waals surface area contributed by atoms with Crippen molar-refractivity contribution in [3.8, 4) is 0 Å². The van der Waals surface area contributed by atoms with Crippen LogP contribution >= 0.6 is 0 Å². The number of halogens is 1. The van der Waals surface area contributed by atoms with Crippen molar-refractivity contribution in [3.63, 3.8) is 0 Å². The zero-order valence-electron chi connectivity index (χ0n) is 8.85. The Bertz CT molecular complexity index is 130. The van der Waals surface area contributed by atoms with E-state index in [9.17, 15) is 4.39 Å². The molecule has 78 valence electrons. The molecule has 0 aromatic rings. The van der Waals surface area contributed by atoms with Gasteiger partial charge in [0.25, 0.3) is 0 Å². The summed E-state index contributed by atoms with van der Waals surface area (Å²) in [4.78, 5) is 0. The van der Waals surface area contributed by atoms with Crippen LogP contribution < -0.4 is 5.32 Å². The van der Waals surface area contributed by atoms with Crippen molar-refractivity contribution < 1.29 is 4.39 Å². The fourth-order valence-corrected chi connectivity index (χ4v) is 2.09. The molecule has 1 aliphatic heterocycles. The van der Waals surface area contributed by atoms with Gasteiger partial charge in [-0.2, -0.15) is 0 Å². The molecule has 1 N–H and O–H groups in total. The van der Waals surface area contributed by atoms with Gasteiger partial charge in [0, 0.05) is 0 Å². The summed E-state index contributed by atoms with van der Waals surface area (Å²) in [7, 11) is 0. The maximum Gasteiger partial charge on any atom is 0.101 e. The van der Waals surface area contributed by atoms with E-state index in [1.54, 1.807) is 0 Å². The minimum absolute atomic E-state index is 0.492. The van der Waals surface area contributed by atoms with Gasteiger partial charge in [0.2, 0.25) is 0 Å². The fourth-order valence-electron chi connectivity index (χ4n) is 2.09. The summed E-state index contributed by atoms with van der Waals surface area (Å²) in [5, 5.41) is 3.33. The van der Waals surface area contributed by atoms with Crippen molar-refractivity contribution >= 4 is 0 Å². The van der Waals surface area contributed by atoms with E-state index in [1.807, 2.05) is 0 Å². The number of piperidine rings is 1. The minimum Gasteiger partial charge on any atom is -0.316 e. The van der Waals surface area contributed by atoms with E-state index in [-0.39, 0.29) is 0 Å². The van der Waals surface area contributed by atoms with E-state index in [4.69, 9.17) is 0 Å². The lowest BCUT2D eigenvalue weighted by Gasteiger charge is -2.24. The van der Waals surface area contributed by atoms with Gasteiger partial charge in [-0.05, 0) is 50.6 Å². The molecule has 1 nitrogen and oxygen atoms in total. The van der Waals surface area contributed by atoms with Crippen LogP contribution in [0.3, 0.4) is 0 Å². The molecule has 2 atom stereocenters. The maximum atomic E-state index is 13.4. The highest BCUT2D eigenvalue weighted by Gasteiger charge is 2.18. The van der Waals surface area contributed by atoms with Gasteiger partial charge in [0.05, 0.1) is 0 Å². The van der Waals surface area contributed by atoms with Crippen molar-refractivity contribution in [1.82, 2.24) is 5.32 Å². The van der Waals surface area contributed by atoms with Crippen LogP contribution in [0.2, 0.25) is 0 Å². The Morgan fingerprint density at radius 3 is 2.77 bits per heavy atom. The standard InChI is InChI=1S/C11H22FN/c1-9(2)6-11(12)7-10-4-3-5-13-8-10/h9-11,13H,3-8H2,1-2H3. The van der Waals surface area contributed by atoms with Gasteiger partial charge >= 0.3 is 0 Å². The largest absolute Gasteiger partial charge is 0.316 e. The number of rotatable bonds is 4. The maximum absolute atomic E-state index is 13.4. The first-order valence-corrected chi connectivity index (χ1v) is 5.53. The van der Waals surface area contributed by atoms with Crippen LogP contribution in [-0.4, -0.2) is 19.3 Å². The van der Waals surface area contributed by atoms with E-state index in [1.165, 1.54) is 12.8 Å². The van der Waals surface area contributed by atoms with Gasteiger partial charge in [0.15, 0.2) is 0 Å². The molecule has 0 saturated carbocycles. The Morgan fingerprint density at radius 1 is 1.46 bits per heavy atom. The third kappa shape index (κ3) is 4.61. The van der Waals surface area contributed by atoms with Crippen LogP contribution in [0.15, 0.2) is 0 Å². The average Bonchev–Trinajstić information content (AvgIpc) is 2.04. The third-order valence-electron chi connectivity index (χ3n) is 2.72. The molecule has 1 rings (SSSR count). The van der Waals surface area contributed by atoms with E-state index < -0.39 is 6.17 Å². The van der Waals surface area contributed by atoms with E-state index >= 15 is 0 Å². The first kappa shape index (κ1) is 11.0. The van der Waals surface area contributed by atoms with Crippen molar-refractivity contribution in [1.29, 1.82) is 0 Å². The van der Waals surface area contributed by atoms with Crippen LogP contribution in [-0.2, 0) is 0 Å². The lowest BCUT2D eigenvalue weighted by atomic mass is 9.91.